The van der Waals surface area contributed by atoms with E-state index in [1.54, 1.807) is 67.3 Å². The van der Waals surface area contributed by atoms with Crippen molar-refractivity contribution in [1.82, 2.24) is 34.0 Å². The van der Waals surface area contributed by atoms with Gasteiger partial charge in [-0.15, -0.1) is 0 Å². The number of fused-ring (bicyclic) bond motifs is 6. The summed E-state index contributed by atoms with van der Waals surface area (Å²) in [5, 5.41) is 25.8. The lowest BCUT2D eigenvalue weighted by Crippen LogP contribution is -2.33. The second-order valence-electron chi connectivity index (χ2n) is 13.4. The highest BCUT2D eigenvalue weighted by Crippen LogP contribution is 2.39. The number of nitrogens with two attached hydrogens (primary N) is 1. The van der Waals surface area contributed by atoms with Gasteiger partial charge in [0.1, 0.15) is 6.33 Å². The van der Waals surface area contributed by atoms with Crippen molar-refractivity contribution in [2.24, 2.45) is 10.7 Å². The van der Waals surface area contributed by atoms with Crippen LogP contribution in [-0.4, -0.2) is 60.0 Å². The molecular formula is C45H39N13O2. The van der Waals surface area contributed by atoms with Crippen LogP contribution in [0.1, 0.15) is 40.8 Å². The molecule has 7 aromatic rings. The topological polar surface area (TPSA) is 210 Å². The van der Waals surface area contributed by atoms with Crippen molar-refractivity contribution in [3.63, 3.8) is 0 Å². The summed E-state index contributed by atoms with van der Waals surface area (Å²) in [5.74, 6) is 0. The number of carbonyl (C=O) groups is 2. The minimum Gasteiger partial charge on any atom is -0.335 e. The maximum Gasteiger partial charge on any atom is 0.331 e. The van der Waals surface area contributed by atoms with Crippen molar-refractivity contribution in [3.05, 3.63) is 175 Å². The smallest absolute Gasteiger partial charge is 0.331 e. The summed E-state index contributed by atoms with van der Waals surface area (Å²) >= 11 is 0. The predicted octanol–water partition coefficient (Wildman–Crippen LogP) is 7.37. The zero-order chi connectivity index (χ0) is 41.7. The van der Waals surface area contributed by atoms with Crippen LogP contribution in [0.5, 0.6) is 0 Å². The Balaban J connectivity index is 0.000000134. The number of rotatable bonds is 5. The minimum atomic E-state index is -0.290. The third-order valence-electron chi connectivity index (χ3n) is 9.69. The van der Waals surface area contributed by atoms with Gasteiger partial charge in [0.15, 0.2) is 0 Å². The second kappa shape index (κ2) is 19.2. The Morgan fingerprint density at radius 1 is 0.717 bits per heavy atom. The highest BCUT2D eigenvalue weighted by atomic mass is 16.2. The zero-order valence-corrected chi connectivity index (χ0v) is 32.2. The molecule has 3 aliphatic heterocycles. The maximum atomic E-state index is 12.2. The predicted molar refractivity (Wildman–Crippen MR) is 229 cm³/mol. The first-order chi connectivity index (χ1) is 29.5. The van der Waals surface area contributed by atoms with Gasteiger partial charge in [-0.2, -0.15) is 10.5 Å². The van der Waals surface area contributed by atoms with Gasteiger partial charge in [-0.25, -0.2) is 24.5 Å². The number of nitrogens with zero attached hydrogens (tertiary/aromatic N) is 9. The molecule has 10 rings (SSSR count). The molecular weight excluding hydrogens is 755 g/mol. The molecule has 2 unspecified atom stereocenters. The van der Waals surface area contributed by atoms with Crippen LogP contribution < -0.4 is 21.7 Å². The number of imidazole rings is 3. The van der Waals surface area contributed by atoms with E-state index in [1.165, 1.54) is 39.5 Å². The molecule has 0 saturated carbocycles. The molecule has 6 heterocycles. The van der Waals surface area contributed by atoms with Crippen LogP contribution in [0.2, 0.25) is 0 Å². The number of urea groups is 1. The summed E-state index contributed by atoms with van der Waals surface area (Å²) < 4.78 is 5.55. The normalized spacial score (nSPS) is 14.1. The molecule has 296 valence electrons. The first kappa shape index (κ1) is 39.8. The monoisotopic (exact) mass is 793 g/mol. The number of aliphatic imine (C=N–C) groups is 1. The fourth-order valence-corrected chi connectivity index (χ4v) is 6.81. The molecule has 2 atom stereocenters. The molecule has 0 fully saturated rings. The van der Waals surface area contributed by atoms with Crippen molar-refractivity contribution >= 4 is 29.7 Å². The van der Waals surface area contributed by atoms with Crippen molar-refractivity contribution in [1.29, 1.82) is 10.5 Å². The van der Waals surface area contributed by atoms with Gasteiger partial charge in [0, 0.05) is 66.8 Å². The fourth-order valence-electron chi connectivity index (χ4n) is 6.81. The number of hydrogen-bond donors (Lipinski definition) is 4. The highest BCUT2D eigenvalue weighted by Gasteiger charge is 2.28. The third-order valence-corrected chi connectivity index (χ3v) is 9.69. The van der Waals surface area contributed by atoms with Crippen molar-refractivity contribution in [2.45, 2.75) is 18.5 Å². The largest absolute Gasteiger partial charge is 0.335 e. The second-order valence-corrected chi connectivity index (χ2v) is 13.4. The Morgan fingerprint density at radius 3 is 1.78 bits per heavy atom. The number of benzene rings is 4. The Labute approximate surface area is 345 Å². The Kier molecular flexibility index (Phi) is 12.7. The van der Waals surface area contributed by atoms with Crippen molar-refractivity contribution in [2.75, 3.05) is 23.7 Å². The van der Waals surface area contributed by atoms with Crippen LogP contribution in [0.15, 0.2) is 158 Å². The molecule has 0 spiro atoms. The number of amides is 3. The van der Waals surface area contributed by atoms with E-state index in [2.05, 4.69) is 81.4 Å². The quantitative estimate of drug-likeness (QED) is 0.138. The molecule has 15 nitrogen and oxygen atoms in total. The number of carbonyl (C=O) groups excluding carboxylic acids is 2. The van der Waals surface area contributed by atoms with E-state index >= 15 is 0 Å². The molecule has 0 aliphatic carbocycles. The Morgan fingerprint density at radius 2 is 1.28 bits per heavy atom. The number of nitriles is 2. The van der Waals surface area contributed by atoms with Crippen LogP contribution in [-0.2, 0) is 0 Å². The van der Waals surface area contributed by atoms with Gasteiger partial charge in [-0.3, -0.25) is 9.56 Å². The van der Waals surface area contributed by atoms with E-state index < -0.39 is 0 Å². The van der Waals surface area contributed by atoms with E-state index in [9.17, 15) is 9.59 Å². The average molecular weight is 794 g/mol. The van der Waals surface area contributed by atoms with Gasteiger partial charge >= 0.3 is 12.1 Å². The van der Waals surface area contributed by atoms with Gasteiger partial charge in [0.2, 0.25) is 0 Å². The molecule has 5 N–H and O–H groups in total. The molecule has 60 heavy (non-hydrogen) atoms. The maximum absolute atomic E-state index is 12.2. The van der Waals surface area contributed by atoms with Crippen LogP contribution in [0.25, 0.3) is 22.5 Å². The number of allylic oxidation sites excluding steroid dienone is 1. The van der Waals surface area contributed by atoms with Crippen LogP contribution >= 0.6 is 0 Å². The standard InChI is InChI=1S/C19H15N5O.C11H8N4O.C11H11N3.C4H5N/c20-9-13-5-7-14(8-6-13)23-19(25)22-11-18-16-4-2-1-3-15(16)17-10-21-12-24(17)18;12-7-9-1-3-10(4-2-9)14-11(16)15-6-5-13-8-15;12-5-10-8-3-1-2-4-9(8)11-6-13-7-14(10)11;1-2-4-5-3-1/h1-8,10,12,18H,11H2,(H2,22,23,25);1-6,8H,(H,14,16);1-4,6-7,10H,5,12H2;1,3-4H,2H2. The van der Waals surface area contributed by atoms with Crippen LogP contribution in [0.3, 0.4) is 0 Å². The lowest BCUT2D eigenvalue weighted by molar-refractivity contribution is 0.251. The lowest BCUT2D eigenvalue weighted by atomic mass is 10.0. The SMILES string of the molecule is C1=CN=CC1.N#Cc1ccc(NC(=O)NCC2c3ccccc3-c3cncn32)cc1.N#Cc1ccc(NC(=O)n2ccnc2)cc1.NCC1c2ccccc2-c2cncn21. The molecule has 3 aliphatic rings. The van der Waals surface area contributed by atoms with Gasteiger partial charge in [0.25, 0.3) is 0 Å². The van der Waals surface area contributed by atoms with Gasteiger partial charge < -0.3 is 30.8 Å². The zero-order valence-electron chi connectivity index (χ0n) is 32.2. The van der Waals surface area contributed by atoms with Gasteiger partial charge in [-0.1, -0.05) is 54.6 Å². The van der Waals surface area contributed by atoms with Crippen molar-refractivity contribution in [3.8, 4) is 34.7 Å². The molecule has 0 saturated heterocycles. The van der Waals surface area contributed by atoms with Crippen molar-refractivity contribution < 1.29 is 9.59 Å². The first-order valence-electron chi connectivity index (χ1n) is 18.9. The molecule has 3 aromatic heterocycles. The third kappa shape index (κ3) is 9.24. The first-order valence-corrected chi connectivity index (χ1v) is 18.9. The van der Waals surface area contributed by atoms with Crippen LogP contribution in [0.4, 0.5) is 21.0 Å². The highest BCUT2D eigenvalue weighted by molar-refractivity contribution is 5.91. The summed E-state index contributed by atoms with van der Waals surface area (Å²) in [4.78, 5) is 39.7. The Bertz CT molecular complexity index is 2690. The minimum absolute atomic E-state index is 0.0282. The van der Waals surface area contributed by atoms with Crippen LogP contribution in [0, 0.1) is 22.7 Å². The molecule has 0 bridgehead atoms. The average Bonchev–Trinajstić information content (AvgIpc) is 4.15. The number of anilines is 2. The molecule has 4 aromatic carbocycles. The fraction of sp³-hybridized carbons (Fsp3) is 0.111. The summed E-state index contributed by atoms with van der Waals surface area (Å²) in [5.41, 5.74) is 15.3. The lowest BCUT2D eigenvalue weighted by Gasteiger charge is -2.16. The summed E-state index contributed by atoms with van der Waals surface area (Å²) in [6.45, 7) is 1.09. The van der Waals surface area contributed by atoms with E-state index in [-0.39, 0.29) is 24.1 Å². The molecule has 0 radical (unpaired) electrons. The molecule has 3 amide bonds. The van der Waals surface area contributed by atoms with E-state index in [0.717, 1.165) is 17.7 Å². The number of aromatic nitrogens is 6. The summed E-state index contributed by atoms with van der Waals surface area (Å²) in [6.07, 6.45) is 18.6. The Hall–Kier alpha value is -8.40. The van der Waals surface area contributed by atoms with E-state index in [1.807, 2.05) is 55.3 Å². The molecule has 15 heteroatoms. The van der Waals surface area contributed by atoms with Gasteiger partial charge in [-0.05, 0) is 59.7 Å². The van der Waals surface area contributed by atoms with E-state index in [4.69, 9.17) is 16.3 Å². The summed E-state index contributed by atoms with van der Waals surface area (Å²) in [7, 11) is 0. The van der Waals surface area contributed by atoms with E-state index in [0.29, 0.717) is 35.6 Å². The number of hydrogen-bond acceptors (Lipinski definition) is 9. The number of nitrogens with one attached hydrogen (secondary N) is 3. The van der Waals surface area contributed by atoms with Gasteiger partial charge in [0.05, 0.1) is 71.8 Å². The summed E-state index contributed by atoms with van der Waals surface area (Å²) in [6, 6.07) is 33.7.